The lowest BCUT2D eigenvalue weighted by Crippen LogP contribution is -2.45. The lowest BCUT2D eigenvalue weighted by atomic mass is 9.83. The van der Waals surface area contributed by atoms with Crippen molar-refractivity contribution >= 4 is 26.5 Å². The molecule has 1 atom stereocenters. The van der Waals surface area contributed by atoms with Gasteiger partial charge in [-0.1, -0.05) is 43.3 Å². The van der Waals surface area contributed by atoms with Crippen LogP contribution in [0.25, 0.3) is 10.8 Å². The van der Waals surface area contributed by atoms with Gasteiger partial charge in [-0.25, -0.2) is 13.1 Å². The first-order valence-electron chi connectivity index (χ1n) is 11.7. The molecule has 6 heteroatoms. The third kappa shape index (κ3) is 4.15. The molecule has 2 aliphatic rings. The Kier molecular flexibility index (Phi) is 5.93. The van der Waals surface area contributed by atoms with Gasteiger partial charge in [0.15, 0.2) is 0 Å². The number of hydrogen-bond donors (Lipinski definition) is 2. The summed E-state index contributed by atoms with van der Waals surface area (Å²) < 4.78 is 29.5. The molecule has 0 unspecified atom stereocenters. The first kappa shape index (κ1) is 21.4. The summed E-state index contributed by atoms with van der Waals surface area (Å²) in [6, 6.07) is 17.7. The van der Waals surface area contributed by atoms with Crippen molar-refractivity contribution < 1.29 is 8.42 Å². The smallest absolute Gasteiger partial charge is 0.240 e. The number of nitrogens with zero attached hydrogens (tertiary/aromatic N) is 1. The Morgan fingerprint density at radius 1 is 1.00 bits per heavy atom. The molecule has 5 rings (SSSR count). The predicted molar refractivity (Wildman–Crippen MR) is 131 cm³/mol. The number of anilines is 1. The van der Waals surface area contributed by atoms with E-state index in [0.717, 1.165) is 62.6 Å². The third-order valence-electron chi connectivity index (χ3n) is 6.89. The molecule has 1 aliphatic heterocycles. The van der Waals surface area contributed by atoms with E-state index in [0.29, 0.717) is 4.90 Å². The van der Waals surface area contributed by atoms with E-state index in [4.69, 9.17) is 0 Å². The Labute approximate surface area is 190 Å². The molecule has 32 heavy (non-hydrogen) atoms. The Bertz CT molecular complexity index is 1230. The molecule has 1 fully saturated rings. The number of hydrogen-bond acceptors (Lipinski definition) is 4. The quantitative estimate of drug-likeness (QED) is 0.624. The van der Waals surface area contributed by atoms with Crippen molar-refractivity contribution in [1.29, 1.82) is 0 Å². The number of fused-ring (bicyclic) bond motifs is 2. The maximum Gasteiger partial charge on any atom is 0.240 e. The van der Waals surface area contributed by atoms with Crippen LogP contribution in [0, 0.1) is 0 Å². The average Bonchev–Trinajstić information content (AvgIpc) is 2.83. The highest BCUT2D eigenvalue weighted by Crippen LogP contribution is 2.34. The van der Waals surface area contributed by atoms with Crippen LogP contribution in [-0.2, 0) is 29.3 Å². The predicted octanol–water partition coefficient (Wildman–Crippen LogP) is 3.65. The molecule has 0 bridgehead atoms. The second-order valence-electron chi connectivity index (χ2n) is 8.86. The molecule has 0 radical (unpaired) electrons. The van der Waals surface area contributed by atoms with E-state index in [9.17, 15) is 8.42 Å². The maximum absolute atomic E-state index is 13.2. The van der Waals surface area contributed by atoms with Crippen LogP contribution >= 0.6 is 0 Å². The van der Waals surface area contributed by atoms with Crippen LogP contribution in [0.1, 0.15) is 30.0 Å². The van der Waals surface area contributed by atoms with Gasteiger partial charge in [0.05, 0.1) is 4.90 Å². The molecule has 1 saturated heterocycles. The first-order valence-corrected chi connectivity index (χ1v) is 13.1. The van der Waals surface area contributed by atoms with E-state index in [1.165, 1.54) is 22.4 Å². The van der Waals surface area contributed by atoms with E-state index < -0.39 is 10.0 Å². The molecule has 168 valence electrons. The van der Waals surface area contributed by atoms with E-state index in [2.05, 4.69) is 34.0 Å². The molecule has 5 nitrogen and oxygen atoms in total. The zero-order chi connectivity index (χ0) is 22.1. The molecule has 1 aliphatic carbocycles. The van der Waals surface area contributed by atoms with Crippen LogP contribution < -0.4 is 14.9 Å². The van der Waals surface area contributed by atoms with Gasteiger partial charge in [-0.3, -0.25) is 0 Å². The van der Waals surface area contributed by atoms with Gasteiger partial charge >= 0.3 is 0 Å². The van der Waals surface area contributed by atoms with Gasteiger partial charge in [0, 0.05) is 37.9 Å². The summed E-state index contributed by atoms with van der Waals surface area (Å²) in [5.41, 5.74) is 5.46. The van der Waals surface area contributed by atoms with Gasteiger partial charge in [-0.2, -0.15) is 0 Å². The minimum atomic E-state index is -3.58. The zero-order valence-electron chi connectivity index (χ0n) is 18.6. The Morgan fingerprint density at radius 2 is 1.78 bits per heavy atom. The maximum atomic E-state index is 13.2. The standard InChI is InChI=1S/C26H31N3O2S/c1-2-19-8-12-26(29-15-13-27-14-16-29)25-18-22(9-11-24(19)25)28-32(30,31)23-10-7-20-5-3-4-6-21(20)17-23/h3-8,10,12,17,22,27-28H,2,9,11,13-16,18H2,1H3/t22-/m1/s1. The minimum absolute atomic E-state index is 0.0901. The molecule has 0 aromatic heterocycles. The van der Waals surface area contributed by atoms with Gasteiger partial charge in [-0.15, -0.1) is 0 Å². The molecule has 0 saturated carbocycles. The Morgan fingerprint density at radius 3 is 2.56 bits per heavy atom. The second kappa shape index (κ2) is 8.85. The van der Waals surface area contributed by atoms with Crippen LogP contribution in [0.5, 0.6) is 0 Å². The van der Waals surface area contributed by atoms with Crippen molar-refractivity contribution in [2.24, 2.45) is 0 Å². The minimum Gasteiger partial charge on any atom is -0.369 e. The summed E-state index contributed by atoms with van der Waals surface area (Å²) in [5.74, 6) is 0. The van der Waals surface area contributed by atoms with Gasteiger partial charge < -0.3 is 10.2 Å². The number of rotatable bonds is 5. The monoisotopic (exact) mass is 449 g/mol. The summed E-state index contributed by atoms with van der Waals surface area (Å²) in [5, 5.41) is 5.41. The average molecular weight is 450 g/mol. The fourth-order valence-corrected chi connectivity index (χ4v) is 6.50. The lowest BCUT2D eigenvalue weighted by molar-refractivity contribution is 0.504. The van der Waals surface area contributed by atoms with Gasteiger partial charge in [-0.05, 0) is 71.3 Å². The van der Waals surface area contributed by atoms with Crippen molar-refractivity contribution in [3.63, 3.8) is 0 Å². The van der Waals surface area contributed by atoms with Crippen molar-refractivity contribution in [1.82, 2.24) is 10.0 Å². The van der Waals surface area contributed by atoms with Gasteiger partial charge in [0.25, 0.3) is 0 Å². The van der Waals surface area contributed by atoms with E-state index >= 15 is 0 Å². The number of sulfonamides is 1. The topological polar surface area (TPSA) is 61.4 Å². The summed E-state index contributed by atoms with van der Waals surface area (Å²) in [7, 11) is -3.58. The normalized spacial score (nSPS) is 19.2. The van der Waals surface area contributed by atoms with Crippen LogP contribution in [0.15, 0.2) is 59.5 Å². The number of benzene rings is 3. The summed E-state index contributed by atoms with van der Waals surface area (Å²) in [4.78, 5) is 2.79. The highest BCUT2D eigenvalue weighted by molar-refractivity contribution is 7.89. The lowest BCUT2D eigenvalue weighted by Gasteiger charge is -2.35. The van der Waals surface area contributed by atoms with Crippen molar-refractivity contribution in [2.75, 3.05) is 31.1 Å². The largest absolute Gasteiger partial charge is 0.369 e. The molecule has 0 spiro atoms. The van der Waals surface area contributed by atoms with E-state index in [-0.39, 0.29) is 6.04 Å². The molecule has 3 aromatic rings. The van der Waals surface area contributed by atoms with Crippen LogP contribution in [-0.4, -0.2) is 40.6 Å². The van der Waals surface area contributed by atoms with Gasteiger partial charge in [0.1, 0.15) is 0 Å². The highest BCUT2D eigenvalue weighted by Gasteiger charge is 2.28. The summed E-state index contributed by atoms with van der Waals surface area (Å²) in [6.45, 7) is 6.16. The highest BCUT2D eigenvalue weighted by atomic mass is 32.2. The van der Waals surface area contributed by atoms with Crippen molar-refractivity contribution in [3.8, 4) is 0 Å². The SMILES string of the molecule is CCc1ccc(N2CCNCC2)c2c1CC[C@@H](NS(=O)(=O)c1ccc3ccccc3c1)C2. The number of piperazine rings is 1. The van der Waals surface area contributed by atoms with Crippen molar-refractivity contribution in [2.45, 2.75) is 43.5 Å². The molecule has 1 heterocycles. The van der Waals surface area contributed by atoms with Gasteiger partial charge in [0.2, 0.25) is 10.0 Å². The molecular weight excluding hydrogens is 418 g/mol. The van der Waals surface area contributed by atoms with Crippen LogP contribution in [0.2, 0.25) is 0 Å². The fourth-order valence-electron chi connectivity index (χ4n) is 5.19. The number of nitrogens with one attached hydrogen (secondary N) is 2. The molecule has 2 N–H and O–H groups in total. The van der Waals surface area contributed by atoms with E-state index in [1.807, 2.05) is 30.3 Å². The van der Waals surface area contributed by atoms with Crippen LogP contribution in [0.4, 0.5) is 5.69 Å². The first-order chi connectivity index (χ1) is 15.5. The fraction of sp³-hybridized carbons (Fsp3) is 0.385. The Balaban J connectivity index is 1.42. The Hall–Kier alpha value is -2.41. The molecular formula is C26H31N3O2S. The second-order valence-corrected chi connectivity index (χ2v) is 10.6. The summed E-state index contributed by atoms with van der Waals surface area (Å²) >= 11 is 0. The zero-order valence-corrected chi connectivity index (χ0v) is 19.4. The van der Waals surface area contributed by atoms with Crippen LogP contribution in [0.3, 0.4) is 0 Å². The van der Waals surface area contributed by atoms with E-state index in [1.54, 1.807) is 12.1 Å². The number of aryl methyl sites for hydroxylation is 1. The molecule has 0 amide bonds. The molecule has 3 aromatic carbocycles. The third-order valence-corrected chi connectivity index (χ3v) is 8.41. The van der Waals surface area contributed by atoms with Crippen molar-refractivity contribution in [3.05, 3.63) is 71.3 Å². The summed E-state index contributed by atoms with van der Waals surface area (Å²) in [6.07, 6.45) is 3.51.